The average molecular weight is 375 g/mol. The fourth-order valence-corrected chi connectivity index (χ4v) is 2.95. The molecule has 9 heteroatoms. The third-order valence-corrected chi connectivity index (χ3v) is 4.42. The van der Waals surface area contributed by atoms with Gasteiger partial charge in [-0.2, -0.15) is 13.2 Å². The number of nitrogens with zero attached hydrogens (tertiary/aromatic N) is 2. The third-order valence-electron chi connectivity index (χ3n) is 4.42. The van der Waals surface area contributed by atoms with E-state index in [2.05, 4.69) is 10.2 Å². The number of amides is 1. The Morgan fingerprint density at radius 3 is 2.50 bits per heavy atom. The van der Waals surface area contributed by atoms with Crippen LogP contribution in [0.25, 0.3) is 0 Å². The smallest absolute Gasteiger partial charge is 0.379 e. The number of pyridine rings is 1. The molecule has 1 aliphatic rings. The van der Waals surface area contributed by atoms with Crippen molar-refractivity contribution >= 4 is 5.91 Å². The number of hydrogen-bond acceptors (Lipinski definition) is 4. The Labute approximate surface area is 149 Å². The van der Waals surface area contributed by atoms with Gasteiger partial charge in [0.1, 0.15) is 6.54 Å². The maximum absolute atomic E-state index is 12.8. The second-order valence-electron chi connectivity index (χ2n) is 6.65. The van der Waals surface area contributed by atoms with Gasteiger partial charge in [-0.1, -0.05) is 13.8 Å². The molecule has 1 unspecified atom stereocenters. The molecule has 1 aromatic rings. The summed E-state index contributed by atoms with van der Waals surface area (Å²) in [6.45, 7) is 6.82. The van der Waals surface area contributed by atoms with Gasteiger partial charge >= 0.3 is 6.18 Å². The fourth-order valence-electron chi connectivity index (χ4n) is 2.95. The van der Waals surface area contributed by atoms with Gasteiger partial charge in [0, 0.05) is 37.9 Å². The van der Waals surface area contributed by atoms with Crippen LogP contribution in [0.3, 0.4) is 0 Å². The van der Waals surface area contributed by atoms with E-state index < -0.39 is 29.8 Å². The lowest BCUT2D eigenvalue weighted by Gasteiger charge is -2.36. The Kier molecular flexibility index (Phi) is 6.82. The molecule has 0 aliphatic carbocycles. The van der Waals surface area contributed by atoms with Crippen molar-refractivity contribution in [3.8, 4) is 0 Å². The van der Waals surface area contributed by atoms with Crippen LogP contribution in [0.15, 0.2) is 23.1 Å². The van der Waals surface area contributed by atoms with E-state index in [4.69, 9.17) is 4.74 Å². The maximum atomic E-state index is 12.8. The van der Waals surface area contributed by atoms with Crippen LogP contribution in [0.4, 0.5) is 13.2 Å². The average Bonchev–Trinajstić information content (AvgIpc) is 2.56. The molecule has 1 saturated heterocycles. The summed E-state index contributed by atoms with van der Waals surface area (Å²) in [6.07, 6.45) is -3.89. The van der Waals surface area contributed by atoms with Gasteiger partial charge in [-0.15, -0.1) is 0 Å². The quantitative estimate of drug-likeness (QED) is 0.815. The summed E-state index contributed by atoms with van der Waals surface area (Å²) in [5.74, 6) is -0.213. The Balaban J connectivity index is 1.98. The van der Waals surface area contributed by atoms with E-state index in [1.807, 2.05) is 13.8 Å². The number of carbonyl (C=O) groups excluding carboxylic acids is 1. The van der Waals surface area contributed by atoms with Gasteiger partial charge < -0.3 is 14.6 Å². The van der Waals surface area contributed by atoms with Gasteiger partial charge in [-0.25, -0.2) is 0 Å². The van der Waals surface area contributed by atoms with E-state index in [9.17, 15) is 22.8 Å². The molecule has 0 saturated carbocycles. The van der Waals surface area contributed by atoms with Crippen molar-refractivity contribution in [3.05, 3.63) is 34.2 Å². The summed E-state index contributed by atoms with van der Waals surface area (Å²) in [6, 6.07) is 1.63. The van der Waals surface area contributed by atoms with Gasteiger partial charge in [0.2, 0.25) is 5.91 Å². The van der Waals surface area contributed by atoms with E-state index in [1.165, 1.54) is 0 Å². The summed E-state index contributed by atoms with van der Waals surface area (Å²) in [4.78, 5) is 26.1. The van der Waals surface area contributed by atoms with Crippen molar-refractivity contribution in [2.45, 2.75) is 32.6 Å². The van der Waals surface area contributed by atoms with Gasteiger partial charge in [-0.3, -0.25) is 14.5 Å². The first-order valence-corrected chi connectivity index (χ1v) is 8.54. The summed E-state index contributed by atoms with van der Waals surface area (Å²) in [5, 5.41) is 2.73. The molecular formula is C17H24F3N3O3. The summed E-state index contributed by atoms with van der Waals surface area (Å²) in [7, 11) is 0. The van der Waals surface area contributed by atoms with E-state index in [1.54, 1.807) is 0 Å². The molecule has 26 heavy (non-hydrogen) atoms. The van der Waals surface area contributed by atoms with Crippen LogP contribution in [0, 0.1) is 5.92 Å². The molecule has 1 aromatic heterocycles. The first kappa shape index (κ1) is 20.4. The van der Waals surface area contributed by atoms with E-state index in [-0.39, 0.29) is 12.0 Å². The van der Waals surface area contributed by atoms with Crippen molar-refractivity contribution in [2.24, 2.45) is 5.92 Å². The molecular weight excluding hydrogens is 351 g/mol. The molecule has 0 radical (unpaired) electrons. The second-order valence-corrected chi connectivity index (χ2v) is 6.65. The molecule has 146 valence electrons. The number of hydrogen-bond donors (Lipinski definition) is 1. The Morgan fingerprint density at radius 2 is 1.92 bits per heavy atom. The van der Waals surface area contributed by atoms with Crippen LogP contribution in [0.5, 0.6) is 0 Å². The summed E-state index contributed by atoms with van der Waals surface area (Å²) in [5.41, 5.74) is -1.61. The van der Waals surface area contributed by atoms with E-state index in [0.717, 1.165) is 23.7 Å². The molecule has 1 N–H and O–H groups in total. The first-order valence-electron chi connectivity index (χ1n) is 8.54. The van der Waals surface area contributed by atoms with Crippen LogP contribution in [0.1, 0.15) is 19.4 Å². The molecule has 0 aromatic carbocycles. The van der Waals surface area contributed by atoms with Crippen LogP contribution < -0.4 is 10.9 Å². The van der Waals surface area contributed by atoms with Gasteiger partial charge in [-0.05, 0) is 12.0 Å². The predicted molar refractivity (Wildman–Crippen MR) is 89.7 cm³/mol. The van der Waals surface area contributed by atoms with E-state index in [0.29, 0.717) is 32.0 Å². The minimum Gasteiger partial charge on any atom is -0.379 e. The lowest BCUT2D eigenvalue weighted by Crippen LogP contribution is -2.51. The second kappa shape index (κ2) is 8.68. The Hall–Kier alpha value is -1.87. The van der Waals surface area contributed by atoms with Gasteiger partial charge in [0.15, 0.2) is 0 Å². The van der Waals surface area contributed by atoms with Gasteiger partial charge in [0.25, 0.3) is 5.56 Å². The Bertz CT molecular complexity index is 667. The van der Waals surface area contributed by atoms with Crippen molar-refractivity contribution in [2.75, 3.05) is 32.8 Å². The molecule has 0 bridgehead atoms. The van der Waals surface area contributed by atoms with Crippen molar-refractivity contribution < 1.29 is 22.7 Å². The standard InChI is InChI=1S/C17H24F3N3O3/c1-12(2)14(22-5-7-26-8-6-22)9-21-15(24)11-23-10-13(17(18,19)20)3-4-16(23)25/h3-4,10,12,14H,5-9,11H2,1-2H3,(H,21,24). The molecule has 1 amide bonds. The number of carbonyl (C=O) groups is 1. The number of morpholine rings is 1. The van der Waals surface area contributed by atoms with Crippen LogP contribution >= 0.6 is 0 Å². The highest BCUT2D eigenvalue weighted by Gasteiger charge is 2.31. The summed E-state index contributed by atoms with van der Waals surface area (Å²) < 4.78 is 44.4. The monoisotopic (exact) mass is 375 g/mol. The maximum Gasteiger partial charge on any atom is 0.417 e. The number of alkyl halides is 3. The van der Waals surface area contributed by atoms with Crippen molar-refractivity contribution in [3.63, 3.8) is 0 Å². The minimum atomic E-state index is -4.56. The summed E-state index contributed by atoms with van der Waals surface area (Å²) >= 11 is 0. The molecule has 2 rings (SSSR count). The molecule has 6 nitrogen and oxygen atoms in total. The topological polar surface area (TPSA) is 63.6 Å². The Morgan fingerprint density at radius 1 is 1.27 bits per heavy atom. The molecule has 1 aliphatic heterocycles. The van der Waals surface area contributed by atoms with Gasteiger partial charge in [0.05, 0.1) is 18.8 Å². The zero-order valence-corrected chi connectivity index (χ0v) is 14.9. The van der Waals surface area contributed by atoms with Crippen molar-refractivity contribution in [1.82, 2.24) is 14.8 Å². The van der Waals surface area contributed by atoms with Crippen LogP contribution in [-0.4, -0.2) is 54.3 Å². The zero-order valence-electron chi connectivity index (χ0n) is 14.9. The highest BCUT2D eigenvalue weighted by molar-refractivity contribution is 5.75. The number of aromatic nitrogens is 1. The number of nitrogens with one attached hydrogen (secondary N) is 1. The van der Waals surface area contributed by atoms with Crippen LogP contribution in [-0.2, 0) is 22.3 Å². The first-order chi connectivity index (χ1) is 12.2. The number of halogens is 3. The SMILES string of the molecule is CC(C)C(CNC(=O)Cn1cc(C(F)(F)F)ccc1=O)N1CCOCC1. The fraction of sp³-hybridized carbons (Fsp3) is 0.647. The number of rotatable bonds is 6. The molecule has 2 heterocycles. The van der Waals surface area contributed by atoms with Crippen molar-refractivity contribution in [1.29, 1.82) is 0 Å². The lowest BCUT2D eigenvalue weighted by molar-refractivity contribution is -0.138. The predicted octanol–water partition coefficient (Wildman–Crippen LogP) is 1.34. The number of ether oxygens (including phenoxy) is 1. The third kappa shape index (κ3) is 5.57. The van der Waals surface area contributed by atoms with Crippen LogP contribution in [0.2, 0.25) is 0 Å². The lowest BCUT2D eigenvalue weighted by atomic mass is 10.0. The largest absolute Gasteiger partial charge is 0.417 e. The highest BCUT2D eigenvalue weighted by atomic mass is 19.4. The van der Waals surface area contributed by atoms with E-state index >= 15 is 0 Å². The normalized spacial score (nSPS) is 17.3. The zero-order chi connectivity index (χ0) is 19.3. The highest BCUT2D eigenvalue weighted by Crippen LogP contribution is 2.27. The molecule has 1 fully saturated rings. The molecule has 0 spiro atoms. The minimum absolute atomic E-state index is 0.0982. The molecule has 1 atom stereocenters.